The van der Waals surface area contributed by atoms with E-state index in [1.807, 2.05) is 74.5 Å². The second kappa shape index (κ2) is 12.4. The number of carbonyl (C=O) groups excluding carboxylic acids is 2. The van der Waals surface area contributed by atoms with Gasteiger partial charge in [0, 0.05) is 25.4 Å². The van der Waals surface area contributed by atoms with E-state index in [-0.39, 0.29) is 24.3 Å². The van der Waals surface area contributed by atoms with E-state index in [4.69, 9.17) is 9.47 Å². The number of hydrogen-bond acceptors (Lipinski definition) is 5. The number of aromatic nitrogens is 1. The van der Waals surface area contributed by atoms with Gasteiger partial charge in [-0.2, -0.15) is 0 Å². The van der Waals surface area contributed by atoms with Crippen LogP contribution in [0.4, 0.5) is 0 Å². The zero-order chi connectivity index (χ0) is 24.3. The third kappa shape index (κ3) is 7.33. The Labute approximate surface area is 200 Å². The van der Waals surface area contributed by atoms with Gasteiger partial charge in [0.25, 0.3) is 0 Å². The van der Waals surface area contributed by atoms with Gasteiger partial charge in [0.1, 0.15) is 12.6 Å². The molecule has 34 heavy (non-hydrogen) atoms. The summed E-state index contributed by atoms with van der Waals surface area (Å²) in [5.41, 5.74) is 2.58. The number of pyridine rings is 1. The molecule has 7 heteroatoms. The maximum absolute atomic E-state index is 13.0. The quantitative estimate of drug-likeness (QED) is 0.447. The van der Waals surface area contributed by atoms with Gasteiger partial charge in [-0.05, 0) is 46.9 Å². The smallest absolute Gasteiger partial charge is 0.247 e. The maximum atomic E-state index is 13.0. The average Bonchev–Trinajstić information content (AvgIpc) is 2.85. The first-order valence-corrected chi connectivity index (χ1v) is 11.3. The molecule has 1 atom stereocenters. The molecule has 0 spiro atoms. The molecule has 0 fully saturated rings. The Morgan fingerprint density at radius 1 is 0.941 bits per heavy atom. The second-order valence-corrected chi connectivity index (χ2v) is 8.36. The van der Waals surface area contributed by atoms with Gasteiger partial charge in [0.05, 0.1) is 7.11 Å². The third-order valence-corrected chi connectivity index (χ3v) is 5.13. The fourth-order valence-corrected chi connectivity index (χ4v) is 3.41. The van der Waals surface area contributed by atoms with Gasteiger partial charge in [0.2, 0.25) is 11.8 Å². The lowest BCUT2D eigenvalue weighted by Gasteiger charge is -2.20. The molecular weight excluding hydrogens is 430 g/mol. The van der Waals surface area contributed by atoms with Gasteiger partial charge < -0.3 is 20.1 Å². The van der Waals surface area contributed by atoms with Gasteiger partial charge in [-0.3, -0.25) is 14.6 Å². The van der Waals surface area contributed by atoms with E-state index < -0.39 is 6.04 Å². The summed E-state index contributed by atoms with van der Waals surface area (Å²) in [7, 11) is 1.58. The molecule has 0 aliphatic carbocycles. The Hall–Kier alpha value is -3.87. The monoisotopic (exact) mass is 461 g/mol. The van der Waals surface area contributed by atoms with Gasteiger partial charge in [0.15, 0.2) is 11.5 Å². The molecule has 0 bridgehead atoms. The summed E-state index contributed by atoms with van der Waals surface area (Å²) in [5, 5.41) is 5.79. The molecule has 2 aromatic carbocycles. The predicted molar refractivity (Wildman–Crippen MR) is 130 cm³/mol. The lowest BCUT2D eigenvalue weighted by Crippen LogP contribution is -2.40. The van der Waals surface area contributed by atoms with Crippen molar-refractivity contribution in [2.24, 2.45) is 5.92 Å². The first-order valence-electron chi connectivity index (χ1n) is 11.3. The molecule has 0 saturated heterocycles. The highest BCUT2D eigenvalue weighted by atomic mass is 16.5. The molecule has 1 unspecified atom stereocenters. The standard InChI is InChI=1S/C27H31N3O4/c1-19(2)15-25(31)30-26(22-7-5-4-6-8-22)27(32)29-17-21-9-10-23(24(16-21)33-3)34-18-20-11-13-28-14-12-20/h4-14,16,19,26H,15,17-18H2,1-3H3,(H,29,32)(H,30,31). The average molecular weight is 462 g/mol. The molecule has 0 aliphatic heterocycles. The zero-order valence-electron chi connectivity index (χ0n) is 19.8. The van der Waals surface area contributed by atoms with Crippen LogP contribution in [0, 0.1) is 5.92 Å². The Morgan fingerprint density at radius 2 is 1.68 bits per heavy atom. The molecule has 0 aliphatic rings. The minimum atomic E-state index is -0.766. The number of rotatable bonds is 11. The Morgan fingerprint density at radius 3 is 2.35 bits per heavy atom. The number of amides is 2. The van der Waals surface area contributed by atoms with Crippen molar-refractivity contribution in [3.05, 3.63) is 89.7 Å². The summed E-state index contributed by atoms with van der Waals surface area (Å²) in [6.45, 7) is 4.61. The van der Waals surface area contributed by atoms with Crippen LogP contribution in [-0.2, 0) is 22.7 Å². The summed E-state index contributed by atoms with van der Waals surface area (Å²) in [4.78, 5) is 29.4. The maximum Gasteiger partial charge on any atom is 0.247 e. The Balaban J connectivity index is 1.65. The minimum Gasteiger partial charge on any atom is -0.493 e. The predicted octanol–water partition coefficient (Wildman–Crippen LogP) is 4.19. The summed E-state index contributed by atoms with van der Waals surface area (Å²) in [6, 6.07) is 17.8. The minimum absolute atomic E-state index is 0.156. The summed E-state index contributed by atoms with van der Waals surface area (Å²) < 4.78 is 11.4. The summed E-state index contributed by atoms with van der Waals surface area (Å²) in [6.07, 6.45) is 3.79. The van der Waals surface area contributed by atoms with Gasteiger partial charge in [-0.15, -0.1) is 0 Å². The molecule has 1 heterocycles. The number of carbonyl (C=O) groups is 2. The Kier molecular flexibility index (Phi) is 9.03. The van der Waals surface area contributed by atoms with E-state index in [1.165, 1.54) is 0 Å². The molecule has 178 valence electrons. The highest BCUT2D eigenvalue weighted by Gasteiger charge is 2.23. The van der Waals surface area contributed by atoms with E-state index in [0.717, 1.165) is 16.7 Å². The van der Waals surface area contributed by atoms with Crippen molar-refractivity contribution in [1.82, 2.24) is 15.6 Å². The molecule has 0 saturated carbocycles. The molecule has 1 aromatic heterocycles. The van der Waals surface area contributed by atoms with Crippen LogP contribution >= 0.6 is 0 Å². The number of hydrogen-bond donors (Lipinski definition) is 2. The van der Waals surface area contributed by atoms with Crippen LogP contribution in [0.1, 0.15) is 43.0 Å². The van der Waals surface area contributed by atoms with E-state index in [9.17, 15) is 9.59 Å². The Bertz CT molecular complexity index is 1070. The van der Waals surface area contributed by atoms with Crippen LogP contribution in [0.15, 0.2) is 73.1 Å². The van der Waals surface area contributed by atoms with E-state index >= 15 is 0 Å². The fourth-order valence-electron chi connectivity index (χ4n) is 3.41. The van der Waals surface area contributed by atoms with Crippen LogP contribution in [0.25, 0.3) is 0 Å². The van der Waals surface area contributed by atoms with Crippen molar-refractivity contribution < 1.29 is 19.1 Å². The number of nitrogens with one attached hydrogen (secondary N) is 2. The van der Waals surface area contributed by atoms with Crippen molar-refractivity contribution in [2.45, 2.75) is 39.5 Å². The van der Waals surface area contributed by atoms with E-state index in [2.05, 4.69) is 15.6 Å². The van der Waals surface area contributed by atoms with E-state index in [0.29, 0.717) is 24.5 Å². The van der Waals surface area contributed by atoms with Crippen molar-refractivity contribution >= 4 is 11.8 Å². The number of ether oxygens (including phenoxy) is 2. The summed E-state index contributed by atoms with van der Waals surface area (Å²) in [5.74, 6) is 0.950. The number of nitrogens with zero attached hydrogens (tertiary/aromatic N) is 1. The highest BCUT2D eigenvalue weighted by Crippen LogP contribution is 2.29. The van der Waals surface area contributed by atoms with Crippen LogP contribution in [-0.4, -0.2) is 23.9 Å². The van der Waals surface area contributed by atoms with Crippen molar-refractivity contribution in [2.75, 3.05) is 7.11 Å². The lowest BCUT2D eigenvalue weighted by atomic mass is 10.0. The van der Waals surface area contributed by atoms with Crippen LogP contribution < -0.4 is 20.1 Å². The highest BCUT2D eigenvalue weighted by molar-refractivity contribution is 5.88. The van der Waals surface area contributed by atoms with E-state index in [1.54, 1.807) is 19.5 Å². The van der Waals surface area contributed by atoms with Crippen molar-refractivity contribution in [3.8, 4) is 11.5 Å². The van der Waals surface area contributed by atoms with Crippen LogP contribution in [0.5, 0.6) is 11.5 Å². The first-order chi connectivity index (χ1) is 16.5. The van der Waals surface area contributed by atoms with Gasteiger partial charge in [-0.25, -0.2) is 0 Å². The molecule has 3 aromatic rings. The summed E-state index contributed by atoms with van der Waals surface area (Å²) >= 11 is 0. The second-order valence-electron chi connectivity index (χ2n) is 8.36. The van der Waals surface area contributed by atoms with Gasteiger partial charge in [-0.1, -0.05) is 50.2 Å². The van der Waals surface area contributed by atoms with Gasteiger partial charge >= 0.3 is 0 Å². The molecule has 0 radical (unpaired) electrons. The largest absolute Gasteiger partial charge is 0.493 e. The molecule has 2 amide bonds. The molecule has 7 nitrogen and oxygen atoms in total. The van der Waals surface area contributed by atoms with Crippen molar-refractivity contribution in [1.29, 1.82) is 0 Å². The topological polar surface area (TPSA) is 89.6 Å². The third-order valence-electron chi connectivity index (χ3n) is 5.13. The number of benzene rings is 2. The first kappa shape index (κ1) is 24.8. The fraction of sp³-hybridized carbons (Fsp3) is 0.296. The molecular formula is C27H31N3O4. The SMILES string of the molecule is COc1cc(CNC(=O)C(NC(=O)CC(C)C)c2ccccc2)ccc1OCc1ccncc1. The number of methoxy groups -OCH3 is 1. The molecule has 2 N–H and O–H groups in total. The van der Waals surface area contributed by atoms with Crippen LogP contribution in [0.3, 0.4) is 0 Å². The normalized spacial score (nSPS) is 11.5. The van der Waals surface area contributed by atoms with Crippen molar-refractivity contribution in [3.63, 3.8) is 0 Å². The zero-order valence-corrected chi connectivity index (χ0v) is 19.8. The van der Waals surface area contributed by atoms with Crippen LogP contribution in [0.2, 0.25) is 0 Å². The molecule has 3 rings (SSSR count). The lowest BCUT2D eigenvalue weighted by molar-refractivity contribution is -0.129.